The van der Waals surface area contributed by atoms with Crippen molar-refractivity contribution in [1.29, 1.82) is 0 Å². The average molecular weight is 312 g/mol. The third kappa shape index (κ3) is 4.74. The number of rotatable bonds is 8. The molecule has 0 aromatic heterocycles. The summed E-state index contributed by atoms with van der Waals surface area (Å²) in [7, 11) is 0. The molecule has 0 aliphatic heterocycles. The number of hydrogen-bond acceptors (Lipinski definition) is 1. The predicted molar refractivity (Wildman–Crippen MR) is 84.1 cm³/mol. The Bertz CT molecular complexity index is 338. The van der Waals surface area contributed by atoms with Gasteiger partial charge in [0.15, 0.2) is 0 Å². The third-order valence-corrected chi connectivity index (χ3v) is 4.25. The molecule has 0 bridgehead atoms. The zero-order chi connectivity index (χ0) is 13.4. The first-order chi connectivity index (χ1) is 8.70. The van der Waals surface area contributed by atoms with Crippen molar-refractivity contribution in [3.8, 4) is 0 Å². The van der Waals surface area contributed by atoms with Gasteiger partial charge in [0.1, 0.15) is 0 Å². The highest BCUT2D eigenvalue weighted by Crippen LogP contribution is 2.32. The van der Waals surface area contributed by atoms with E-state index in [9.17, 15) is 0 Å². The summed E-state index contributed by atoms with van der Waals surface area (Å²) in [4.78, 5) is 0. The van der Waals surface area contributed by atoms with Crippen molar-refractivity contribution in [3.63, 3.8) is 0 Å². The van der Waals surface area contributed by atoms with Crippen LogP contribution in [0.4, 0.5) is 0 Å². The summed E-state index contributed by atoms with van der Waals surface area (Å²) in [6.45, 7) is 9.06. The van der Waals surface area contributed by atoms with Crippen molar-refractivity contribution in [2.75, 3.05) is 13.1 Å². The zero-order valence-corrected chi connectivity index (χ0v) is 13.5. The van der Waals surface area contributed by atoms with Gasteiger partial charge in [0, 0.05) is 16.9 Å². The summed E-state index contributed by atoms with van der Waals surface area (Å²) >= 11 is 3.70. The lowest BCUT2D eigenvalue weighted by molar-refractivity contribution is 0.403. The van der Waals surface area contributed by atoms with Gasteiger partial charge < -0.3 is 5.32 Å². The Morgan fingerprint density at radius 2 is 1.89 bits per heavy atom. The lowest BCUT2D eigenvalue weighted by Gasteiger charge is -2.25. The third-order valence-electron chi connectivity index (χ3n) is 3.53. The fourth-order valence-electron chi connectivity index (χ4n) is 2.48. The minimum absolute atomic E-state index is 0.604. The Morgan fingerprint density at radius 3 is 2.50 bits per heavy atom. The topological polar surface area (TPSA) is 12.0 Å². The molecule has 0 aliphatic carbocycles. The monoisotopic (exact) mass is 311 g/mol. The van der Waals surface area contributed by atoms with Gasteiger partial charge >= 0.3 is 0 Å². The van der Waals surface area contributed by atoms with Crippen LogP contribution in [-0.4, -0.2) is 13.1 Å². The van der Waals surface area contributed by atoms with Crippen LogP contribution in [0.5, 0.6) is 0 Å². The molecule has 1 rings (SSSR count). The second-order valence-electron chi connectivity index (χ2n) is 5.10. The normalized spacial score (nSPS) is 14.4. The quantitative estimate of drug-likeness (QED) is 0.668. The van der Waals surface area contributed by atoms with E-state index in [4.69, 9.17) is 0 Å². The Balaban J connectivity index is 2.79. The molecule has 0 heterocycles. The van der Waals surface area contributed by atoms with E-state index >= 15 is 0 Å². The Labute approximate surface area is 120 Å². The Morgan fingerprint density at radius 1 is 1.17 bits per heavy atom. The smallest absolute Gasteiger partial charge is 0.0210 e. The van der Waals surface area contributed by atoms with Gasteiger partial charge in [0.25, 0.3) is 0 Å². The van der Waals surface area contributed by atoms with Crippen LogP contribution in [0.25, 0.3) is 0 Å². The molecular weight excluding hydrogens is 286 g/mol. The Hall–Kier alpha value is -0.340. The molecule has 0 aliphatic rings. The molecule has 2 heteroatoms. The number of nitrogens with one attached hydrogen (secondary N) is 1. The number of hydrogen-bond donors (Lipinski definition) is 1. The maximum absolute atomic E-state index is 3.70. The first-order valence-corrected chi connectivity index (χ1v) is 7.95. The molecule has 0 radical (unpaired) electrons. The van der Waals surface area contributed by atoms with Crippen molar-refractivity contribution in [2.24, 2.45) is 5.92 Å². The molecule has 1 aromatic rings. The van der Waals surface area contributed by atoms with Gasteiger partial charge in [-0.15, -0.1) is 0 Å². The molecule has 102 valence electrons. The number of benzene rings is 1. The second-order valence-corrected chi connectivity index (χ2v) is 5.95. The Kier molecular flexibility index (Phi) is 7.60. The van der Waals surface area contributed by atoms with E-state index in [2.05, 4.69) is 66.3 Å². The molecule has 18 heavy (non-hydrogen) atoms. The fourth-order valence-corrected chi connectivity index (χ4v) is 3.06. The second kappa shape index (κ2) is 8.71. The molecular formula is C16H26BrN. The zero-order valence-electron chi connectivity index (χ0n) is 11.9. The SMILES string of the molecule is CCCNCC(c1ccccc1Br)C(C)CCC. The predicted octanol–water partition coefficient (Wildman–Crippen LogP) is 4.97. The van der Waals surface area contributed by atoms with Crippen molar-refractivity contribution in [3.05, 3.63) is 34.3 Å². The lowest BCUT2D eigenvalue weighted by atomic mass is 9.84. The van der Waals surface area contributed by atoms with Crippen molar-refractivity contribution < 1.29 is 0 Å². The summed E-state index contributed by atoms with van der Waals surface area (Å²) < 4.78 is 1.25. The minimum atomic E-state index is 0.604. The molecule has 0 spiro atoms. The summed E-state index contributed by atoms with van der Waals surface area (Å²) in [5, 5.41) is 3.58. The van der Waals surface area contributed by atoms with E-state index < -0.39 is 0 Å². The summed E-state index contributed by atoms with van der Waals surface area (Å²) in [5.74, 6) is 1.32. The highest BCUT2D eigenvalue weighted by Gasteiger charge is 2.20. The average Bonchev–Trinajstić information content (AvgIpc) is 2.36. The van der Waals surface area contributed by atoms with Crippen LogP contribution < -0.4 is 5.32 Å². The van der Waals surface area contributed by atoms with Gasteiger partial charge in [-0.05, 0) is 30.5 Å². The van der Waals surface area contributed by atoms with Crippen LogP contribution in [0, 0.1) is 5.92 Å². The molecule has 0 fully saturated rings. The number of halogens is 1. The molecule has 0 amide bonds. The molecule has 2 atom stereocenters. The van der Waals surface area contributed by atoms with Crippen LogP contribution >= 0.6 is 15.9 Å². The first kappa shape index (κ1) is 15.7. The summed E-state index contributed by atoms with van der Waals surface area (Å²) in [5.41, 5.74) is 1.45. The molecule has 0 saturated carbocycles. The maximum Gasteiger partial charge on any atom is 0.0210 e. The molecule has 0 saturated heterocycles. The van der Waals surface area contributed by atoms with Crippen LogP contribution in [0.2, 0.25) is 0 Å². The van der Waals surface area contributed by atoms with Crippen molar-refractivity contribution in [1.82, 2.24) is 5.32 Å². The highest BCUT2D eigenvalue weighted by atomic mass is 79.9. The van der Waals surface area contributed by atoms with Gasteiger partial charge in [-0.2, -0.15) is 0 Å². The van der Waals surface area contributed by atoms with Crippen LogP contribution in [0.15, 0.2) is 28.7 Å². The summed E-state index contributed by atoms with van der Waals surface area (Å²) in [6, 6.07) is 8.65. The molecule has 1 aromatic carbocycles. The summed E-state index contributed by atoms with van der Waals surface area (Å²) in [6.07, 6.45) is 3.75. The van der Waals surface area contributed by atoms with E-state index in [0.29, 0.717) is 5.92 Å². The standard InChI is InChI=1S/C16H26BrN/c1-4-8-13(3)15(12-18-11-5-2)14-9-6-7-10-16(14)17/h6-7,9-10,13,15,18H,4-5,8,11-12H2,1-3H3. The van der Waals surface area contributed by atoms with Crippen LogP contribution in [-0.2, 0) is 0 Å². The fraction of sp³-hybridized carbons (Fsp3) is 0.625. The minimum Gasteiger partial charge on any atom is -0.316 e. The van der Waals surface area contributed by atoms with Gasteiger partial charge in [-0.25, -0.2) is 0 Å². The van der Waals surface area contributed by atoms with E-state index in [1.165, 1.54) is 29.3 Å². The largest absolute Gasteiger partial charge is 0.316 e. The molecule has 1 N–H and O–H groups in total. The molecule has 2 unspecified atom stereocenters. The van der Waals surface area contributed by atoms with E-state index in [1.807, 2.05) is 0 Å². The van der Waals surface area contributed by atoms with Gasteiger partial charge in [-0.3, -0.25) is 0 Å². The van der Waals surface area contributed by atoms with E-state index in [1.54, 1.807) is 0 Å². The van der Waals surface area contributed by atoms with E-state index in [0.717, 1.165) is 19.0 Å². The first-order valence-electron chi connectivity index (χ1n) is 7.15. The maximum atomic E-state index is 3.70. The molecule has 1 nitrogen and oxygen atoms in total. The van der Waals surface area contributed by atoms with Crippen LogP contribution in [0.3, 0.4) is 0 Å². The van der Waals surface area contributed by atoms with E-state index in [-0.39, 0.29) is 0 Å². The van der Waals surface area contributed by atoms with Gasteiger partial charge in [-0.1, -0.05) is 67.7 Å². The van der Waals surface area contributed by atoms with Crippen molar-refractivity contribution >= 4 is 15.9 Å². The lowest BCUT2D eigenvalue weighted by Crippen LogP contribution is -2.26. The van der Waals surface area contributed by atoms with Crippen molar-refractivity contribution in [2.45, 2.75) is 46.0 Å². The highest BCUT2D eigenvalue weighted by molar-refractivity contribution is 9.10. The van der Waals surface area contributed by atoms with Gasteiger partial charge in [0.05, 0.1) is 0 Å². The van der Waals surface area contributed by atoms with Crippen LogP contribution in [0.1, 0.15) is 51.5 Å². The van der Waals surface area contributed by atoms with Gasteiger partial charge in [0.2, 0.25) is 0 Å².